The summed E-state index contributed by atoms with van der Waals surface area (Å²) in [4.78, 5) is 32.1. The summed E-state index contributed by atoms with van der Waals surface area (Å²) in [6.45, 7) is 2.10. The maximum Gasteiger partial charge on any atom is 0.338 e. The molecule has 3 aromatic carbocycles. The predicted octanol–water partition coefficient (Wildman–Crippen LogP) is 5.02. The zero-order chi connectivity index (χ0) is 29.8. The van der Waals surface area contributed by atoms with Gasteiger partial charge in [0, 0.05) is 5.56 Å². The molecule has 1 aliphatic rings. The highest BCUT2D eigenvalue weighted by Gasteiger charge is 2.33. The average molecular weight is 645 g/mol. The van der Waals surface area contributed by atoms with Gasteiger partial charge in [0.25, 0.3) is 5.56 Å². The van der Waals surface area contributed by atoms with Crippen molar-refractivity contribution in [1.29, 1.82) is 5.26 Å². The van der Waals surface area contributed by atoms with Crippen LogP contribution < -0.4 is 24.4 Å². The number of rotatable bonds is 8. The van der Waals surface area contributed by atoms with Crippen LogP contribution in [0.3, 0.4) is 0 Å². The Bertz CT molecular complexity index is 1920. The average Bonchev–Trinajstić information content (AvgIpc) is 3.33. The summed E-state index contributed by atoms with van der Waals surface area (Å²) >= 11 is 4.83. The third kappa shape index (κ3) is 5.53. The molecule has 0 fully saturated rings. The van der Waals surface area contributed by atoms with Crippen LogP contribution in [0.1, 0.15) is 41.6 Å². The number of thiazole rings is 1. The molecule has 0 amide bonds. The molecule has 1 aromatic heterocycles. The van der Waals surface area contributed by atoms with Crippen LogP contribution in [0.2, 0.25) is 0 Å². The molecule has 0 bridgehead atoms. The van der Waals surface area contributed by atoms with Gasteiger partial charge in [-0.3, -0.25) is 9.36 Å². The van der Waals surface area contributed by atoms with Crippen LogP contribution in [0, 0.1) is 11.3 Å². The molecule has 2 heterocycles. The van der Waals surface area contributed by atoms with E-state index in [1.54, 1.807) is 28.8 Å². The second kappa shape index (κ2) is 12.6. The lowest BCUT2D eigenvalue weighted by Gasteiger charge is -2.25. The first-order valence-electron chi connectivity index (χ1n) is 13.1. The van der Waals surface area contributed by atoms with Gasteiger partial charge >= 0.3 is 5.97 Å². The summed E-state index contributed by atoms with van der Waals surface area (Å²) in [5, 5.41) is 9.39. The number of aromatic nitrogens is 1. The van der Waals surface area contributed by atoms with Gasteiger partial charge in [-0.05, 0) is 57.8 Å². The Balaban J connectivity index is 1.59. The standard InChI is InChI=1S/C32H26BrN3O5S/c1-4-24-27(31(38)40-3)28(20-10-6-5-7-11-20)36-30(37)26(42-32(36)35-24)16-19-14-23(33)29(25(15-19)39-2)41-18-22-13-9-8-12-21(22)17-34/h5-16,28H,4,18H2,1-3H3/b26-16-/t28-/m0/s1. The molecule has 0 saturated heterocycles. The van der Waals surface area contributed by atoms with E-state index in [-0.39, 0.29) is 12.2 Å². The molecule has 0 aliphatic carbocycles. The topological polar surface area (TPSA) is 103 Å². The fourth-order valence-electron chi connectivity index (χ4n) is 4.83. The van der Waals surface area contributed by atoms with Gasteiger partial charge in [0.15, 0.2) is 16.3 Å². The normalized spacial score (nSPS) is 14.5. The first-order chi connectivity index (χ1) is 20.4. The minimum atomic E-state index is -0.666. The van der Waals surface area contributed by atoms with Crippen molar-refractivity contribution in [2.45, 2.75) is 26.0 Å². The number of benzene rings is 3. The lowest BCUT2D eigenvalue weighted by atomic mass is 9.95. The molecule has 10 heteroatoms. The van der Waals surface area contributed by atoms with E-state index in [1.807, 2.05) is 55.5 Å². The molecule has 0 radical (unpaired) electrons. The Morgan fingerprint density at radius 3 is 2.57 bits per heavy atom. The third-order valence-corrected chi connectivity index (χ3v) is 8.40. The number of hydrogen-bond donors (Lipinski definition) is 0. The summed E-state index contributed by atoms with van der Waals surface area (Å²) in [5.41, 5.74) is 3.46. The lowest BCUT2D eigenvalue weighted by molar-refractivity contribution is -0.136. The molecule has 1 aliphatic heterocycles. The van der Waals surface area contributed by atoms with Crippen molar-refractivity contribution in [3.8, 4) is 17.6 Å². The summed E-state index contributed by atoms with van der Waals surface area (Å²) < 4.78 is 19.4. The fraction of sp³-hybridized carbons (Fsp3) is 0.188. The van der Waals surface area contributed by atoms with Gasteiger partial charge in [0.1, 0.15) is 6.61 Å². The minimum absolute atomic E-state index is 0.179. The Hall–Kier alpha value is -4.46. The highest BCUT2D eigenvalue weighted by atomic mass is 79.9. The lowest BCUT2D eigenvalue weighted by Crippen LogP contribution is -2.40. The zero-order valence-electron chi connectivity index (χ0n) is 23.1. The maximum absolute atomic E-state index is 13.9. The number of halogens is 1. The van der Waals surface area contributed by atoms with Gasteiger partial charge < -0.3 is 14.2 Å². The molecule has 0 saturated carbocycles. The fourth-order valence-corrected chi connectivity index (χ4v) is 6.43. The van der Waals surface area contributed by atoms with Gasteiger partial charge in [-0.15, -0.1) is 0 Å². The SMILES string of the molecule is CCC1=C(C(=O)OC)[C@H](c2ccccc2)n2c(s/c(=C\c3cc(Br)c(OCc4ccccc4C#N)c(OC)c3)c2=O)=N1. The smallest absolute Gasteiger partial charge is 0.338 e. The van der Waals surface area contributed by atoms with Crippen molar-refractivity contribution in [2.24, 2.45) is 4.99 Å². The first-order valence-corrected chi connectivity index (χ1v) is 14.7. The molecule has 4 aromatic rings. The van der Waals surface area contributed by atoms with Crippen molar-refractivity contribution in [1.82, 2.24) is 4.57 Å². The molecule has 212 valence electrons. The third-order valence-electron chi connectivity index (χ3n) is 6.82. The number of carbonyl (C=O) groups is 1. The van der Waals surface area contributed by atoms with Crippen molar-refractivity contribution in [3.63, 3.8) is 0 Å². The predicted molar refractivity (Wildman–Crippen MR) is 163 cm³/mol. The number of hydrogen-bond acceptors (Lipinski definition) is 8. The summed E-state index contributed by atoms with van der Waals surface area (Å²) in [6.07, 6.45) is 2.27. The van der Waals surface area contributed by atoms with E-state index in [2.05, 4.69) is 22.0 Å². The van der Waals surface area contributed by atoms with E-state index in [1.165, 1.54) is 25.6 Å². The number of methoxy groups -OCH3 is 2. The number of carbonyl (C=O) groups excluding carboxylic acids is 1. The molecule has 0 N–H and O–H groups in total. The molecule has 0 unspecified atom stereocenters. The quantitative estimate of drug-likeness (QED) is 0.250. The van der Waals surface area contributed by atoms with Crippen LogP contribution in [0.5, 0.6) is 11.5 Å². The van der Waals surface area contributed by atoms with Gasteiger partial charge in [-0.25, -0.2) is 9.79 Å². The Kier molecular flexibility index (Phi) is 8.71. The minimum Gasteiger partial charge on any atom is -0.493 e. The highest BCUT2D eigenvalue weighted by molar-refractivity contribution is 9.10. The molecule has 42 heavy (non-hydrogen) atoms. The number of nitrogens with zero attached hydrogens (tertiary/aromatic N) is 3. The van der Waals surface area contributed by atoms with E-state index >= 15 is 0 Å². The monoisotopic (exact) mass is 643 g/mol. The van der Waals surface area contributed by atoms with E-state index in [9.17, 15) is 14.9 Å². The van der Waals surface area contributed by atoms with Crippen LogP contribution in [0.15, 0.2) is 92.3 Å². The Labute approximate surface area is 254 Å². The zero-order valence-corrected chi connectivity index (χ0v) is 25.5. The number of esters is 1. The van der Waals surface area contributed by atoms with E-state index in [0.29, 0.717) is 54.1 Å². The van der Waals surface area contributed by atoms with Crippen molar-refractivity contribution >= 4 is 39.3 Å². The van der Waals surface area contributed by atoms with Crippen LogP contribution in [-0.4, -0.2) is 24.8 Å². The Morgan fingerprint density at radius 1 is 1.14 bits per heavy atom. The van der Waals surface area contributed by atoms with Gasteiger partial charge in [0.2, 0.25) is 0 Å². The second-order valence-corrected chi connectivity index (χ2v) is 11.2. The van der Waals surface area contributed by atoms with Crippen molar-refractivity contribution in [2.75, 3.05) is 14.2 Å². The molecular formula is C32H26BrN3O5S. The number of allylic oxidation sites excluding steroid dienone is 1. The van der Waals surface area contributed by atoms with E-state index in [4.69, 9.17) is 19.2 Å². The van der Waals surface area contributed by atoms with Gasteiger partial charge in [-0.1, -0.05) is 66.8 Å². The summed E-state index contributed by atoms with van der Waals surface area (Å²) in [7, 11) is 2.87. The summed E-state index contributed by atoms with van der Waals surface area (Å²) in [5.74, 6) is 0.421. The maximum atomic E-state index is 13.9. The van der Waals surface area contributed by atoms with Gasteiger partial charge in [-0.2, -0.15) is 5.26 Å². The number of ether oxygens (including phenoxy) is 3. The van der Waals surface area contributed by atoms with Crippen LogP contribution in [0.4, 0.5) is 0 Å². The highest BCUT2D eigenvalue weighted by Crippen LogP contribution is 2.38. The van der Waals surface area contributed by atoms with Crippen molar-refractivity contribution < 1.29 is 19.0 Å². The number of fused-ring (bicyclic) bond motifs is 1. The largest absolute Gasteiger partial charge is 0.493 e. The van der Waals surface area contributed by atoms with Crippen LogP contribution in [0.25, 0.3) is 6.08 Å². The Morgan fingerprint density at radius 2 is 1.88 bits per heavy atom. The molecule has 0 spiro atoms. The van der Waals surface area contributed by atoms with Crippen LogP contribution >= 0.6 is 27.3 Å². The second-order valence-electron chi connectivity index (χ2n) is 9.29. The van der Waals surface area contributed by atoms with Crippen molar-refractivity contribution in [3.05, 3.63) is 124 Å². The van der Waals surface area contributed by atoms with Gasteiger partial charge in [0.05, 0.1) is 52.2 Å². The van der Waals surface area contributed by atoms with E-state index < -0.39 is 12.0 Å². The van der Waals surface area contributed by atoms with E-state index in [0.717, 1.165) is 11.1 Å². The molecule has 8 nitrogen and oxygen atoms in total. The molecular weight excluding hydrogens is 618 g/mol. The summed E-state index contributed by atoms with van der Waals surface area (Å²) in [6, 6.07) is 21.8. The molecule has 1 atom stereocenters. The molecule has 5 rings (SSSR count). The first kappa shape index (κ1) is 29.0. The van der Waals surface area contributed by atoms with Crippen LogP contribution in [-0.2, 0) is 16.1 Å². The number of nitriles is 1.